The average molecular weight is 497 g/mol. The number of likely N-dealkylation sites (N-methyl/N-ethyl adjacent to an activating group) is 1. The molecule has 9 heteroatoms. The quantitative estimate of drug-likeness (QED) is 0.281. The summed E-state index contributed by atoms with van der Waals surface area (Å²) < 4.78 is 14.1. The molecule has 2 N–H and O–H groups in total. The second-order valence-electron chi connectivity index (χ2n) is 8.76. The van der Waals surface area contributed by atoms with Gasteiger partial charge in [0.2, 0.25) is 5.91 Å². The molecule has 3 rings (SSSR count). The first-order valence-electron chi connectivity index (χ1n) is 12.3. The van der Waals surface area contributed by atoms with Crippen molar-refractivity contribution in [1.82, 2.24) is 15.2 Å². The summed E-state index contributed by atoms with van der Waals surface area (Å²) in [6.07, 6.45) is 2.85. The molecule has 192 valence electrons. The molecule has 36 heavy (non-hydrogen) atoms. The van der Waals surface area contributed by atoms with Crippen molar-refractivity contribution in [2.45, 2.75) is 47.0 Å². The predicted molar refractivity (Wildman–Crippen MR) is 137 cm³/mol. The second kappa shape index (κ2) is 11.9. The molecule has 1 aliphatic rings. The number of anilines is 1. The first-order valence-corrected chi connectivity index (χ1v) is 12.3. The van der Waals surface area contributed by atoms with Crippen LogP contribution in [-0.2, 0) is 14.4 Å². The third kappa shape index (κ3) is 5.62. The van der Waals surface area contributed by atoms with Crippen molar-refractivity contribution in [1.29, 1.82) is 0 Å². The molecule has 2 aromatic rings. The van der Waals surface area contributed by atoms with Crippen LogP contribution in [0.25, 0.3) is 11.6 Å². The molecule has 0 atom stereocenters. The molecule has 0 fully saturated rings. The fraction of sp³-hybridized carbons (Fsp3) is 0.407. The van der Waals surface area contributed by atoms with Gasteiger partial charge in [0.05, 0.1) is 16.8 Å². The third-order valence-corrected chi connectivity index (χ3v) is 6.49. The molecule has 0 aliphatic carbocycles. The van der Waals surface area contributed by atoms with E-state index in [2.05, 4.69) is 29.0 Å². The van der Waals surface area contributed by atoms with Crippen LogP contribution in [0, 0.1) is 19.7 Å². The van der Waals surface area contributed by atoms with E-state index in [0.29, 0.717) is 46.7 Å². The molecule has 0 saturated carbocycles. The number of rotatable bonds is 11. The number of halogens is 1. The number of H-pyrrole nitrogens is 1. The van der Waals surface area contributed by atoms with Gasteiger partial charge in [-0.1, -0.05) is 13.8 Å². The number of nitrogens with one attached hydrogen (secondary N) is 2. The number of imide groups is 1. The Labute approximate surface area is 210 Å². The molecular weight excluding hydrogens is 463 g/mol. The number of aldehydes is 1. The van der Waals surface area contributed by atoms with E-state index in [9.17, 15) is 23.6 Å². The zero-order valence-corrected chi connectivity index (χ0v) is 21.2. The number of carbonyl (C=O) groups is 4. The molecule has 1 aliphatic heterocycles. The van der Waals surface area contributed by atoms with Crippen molar-refractivity contribution in [2.24, 2.45) is 0 Å². The average Bonchev–Trinajstić information content (AvgIpc) is 3.28. The van der Waals surface area contributed by atoms with Crippen molar-refractivity contribution in [3.8, 4) is 0 Å². The van der Waals surface area contributed by atoms with Crippen molar-refractivity contribution < 1.29 is 23.6 Å². The molecule has 2 heterocycles. The summed E-state index contributed by atoms with van der Waals surface area (Å²) >= 11 is 0. The fourth-order valence-corrected chi connectivity index (χ4v) is 4.46. The summed E-state index contributed by atoms with van der Waals surface area (Å²) in [5.41, 5.74) is 3.10. The smallest absolute Gasteiger partial charge is 0.265 e. The summed E-state index contributed by atoms with van der Waals surface area (Å²) in [5, 5.41) is 2.95. The van der Waals surface area contributed by atoms with Crippen LogP contribution in [0.3, 0.4) is 0 Å². The number of aromatic amines is 1. The normalized spacial score (nSPS) is 14.0. The van der Waals surface area contributed by atoms with E-state index in [1.165, 1.54) is 18.2 Å². The molecule has 1 aromatic carbocycles. The van der Waals surface area contributed by atoms with Gasteiger partial charge in [-0.15, -0.1) is 0 Å². The maximum Gasteiger partial charge on any atom is 0.265 e. The lowest BCUT2D eigenvalue weighted by atomic mass is 10.0. The highest BCUT2D eigenvalue weighted by atomic mass is 19.1. The third-order valence-electron chi connectivity index (χ3n) is 6.49. The number of aryl methyl sites for hydroxylation is 1. The minimum Gasteiger partial charge on any atom is -0.358 e. The van der Waals surface area contributed by atoms with E-state index in [-0.39, 0.29) is 24.3 Å². The molecule has 0 saturated heterocycles. The van der Waals surface area contributed by atoms with E-state index in [1.54, 1.807) is 19.9 Å². The van der Waals surface area contributed by atoms with Gasteiger partial charge in [0.1, 0.15) is 12.1 Å². The number of fused-ring (bicyclic) bond motifs is 1. The SMILES string of the molecule is CCN(CC)CCNC(=O)c1c(C)[nH]c(/C=C2\C(=O)N(C(=O)CCCC=O)c3ccc(F)cc32)c1C. The van der Waals surface area contributed by atoms with Crippen LogP contribution in [0.2, 0.25) is 0 Å². The summed E-state index contributed by atoms with van der Waals surface area (Å²) in [5.74, 6) is -1.76. The molecule has 3 amide bonds. The number of nitrogens with zero attached hydrogens (tertiary/aromatic N) is 2. The van der Waals surface area contributed by atoms with E-state index in [1.807, 2.05) is 0 Å². The van der Waals surface area contributed by atoms with Gasteiger partial charge in [0.25, 0.3) is 11.8 Å². The highest BCUT2D eigenvalue weighted by Gasteiger charge is 2.37. The minimum atomic E-state index is -0.566. The zero-order chi connectivity index (χ0) is 26.4. The minimum absolute atomic E-state index is 0.0209. The van der Waals surface area contributed by atoms with Crippen molar-refractivity contribution in [3.05, 3.63) is 52.1 Å². The van der Waals surface area contributed by atoms with Gasteiger partial charge in [-0.3, -0.25) is 14.4 Å². The van der Waals surface area contributed by atoms with Gasteiger partial charge in [-0.2, -0.15) is 0 Å². The summed E-state index contributed by atoms with van der Waals surface area (Å²) in [4.78, 5) is 56.0. The monoisotopic (exact) mass is 496 g/mol. The van der Waals surface area contributed by atoms with Crippen LogP contribution in [0.1, 0.15) is 66.0 Å². The van der Waals surface area contributed by atoms with Gasteiger partial charge in [0, 0.05) is 42.9 Å². The Morgan fingerprint density at radius 3 is 2.58 bits per heavy atom. The first kappa shape index (κ1) is 27.0. The molecule has 0 spiro atoms. The Balaban J connectivity index is 1.90. The number of hydrogen-bond donors (Lipinski definition) is 2. The lowest BCUT2D eigenvalue weighted by Crippen LogP contribution is -2.35. The maximum atomic E-state index is 14.1. The molecule has 0 unspecified atom stereocenters. The van der Waals surface area contributed by atoms with Gasteiger partial charge >= 0.3 is 0 Å². The Kier molecular flexibility index (Phi) is 8.93. The van der Waals surface area contributed by atoms with Crippen molar-refractivity contribution in [3.63, 3.8) is 0 Å². The van der Waals surface area contributed by atoms with Crippen molar-refractivity contribution >= 4 is 41.3 Å². The number of unbranched alkanes of at least 4 members (excludes halogenated alkanes) is 1. The molecular formula is C27H33FN4O4. The molecule has 0 bridgehead atoms. The lowest BCUT2D eigenvalue weighted by Gasteiger charge is -2.18. The standard InChI is InChI=1S/C27H33FN4O4/c1-5-31(6-2)13-12-29-26(35)25-17(3)22(30-18(25)4)16-21-20-15-19(28)10-11-23(20)32(27(21)36)24(34)9-7-8-14-33/h10-11,14-16,30H,5-9,12-13H2,1-4H3,(H,29,35)/b21-16-. The molecule has 8 nitrogen and oxygen atoms in total. The lowest BCUT2D eigenvalue weighted by molar-refractivity contribution is -0.123. The highest BCUT2D eigenvalue weighted by molar-refractivity contribution is 6.42. The Morgan fingerprint density at radius 1 is 1.19 bits per heavy atom. The Bertz CT molecular complexity index is 1200. The van der Waals surface area contributed by atoms with Gasteiger partial charge in [-0.05, 0) is 63.2 Å². The fourth-order valence-electron chi connectivity index (χ4n) is 4.46. The number of benzene rings is 1. The summed E-state index contributed by atoms with van der Waals surface area (Å²) in [6, 6.07) is 3.83. The van der Waals surface area contributed by atoms with Crippen LogP contribution < -0.4 is 10.2 Å². The number of aromatic nitrogens is 1. The topological polar surface area (TPSA) is 103 Å². The van der Waals surface area contributed by atoms with Gasteiger partial charge < -0.3 is 20.0 Å². The van der Waals surface area contributed by atoms with Gasteiger partial charge in [-0.25, -0.2) is 9.29 Å². The van der Waals surface area contributed by atoms with E-state index < -0.39 is 17.6 Å². The highest BCUT2D eigenvalue weighted by Crippen LogP contribution is 2.39. The maximum absolute atomic E-state index is 14.1. The van der Waals surface area contributed by atoms with Gasteiger partial charge in [0.15, 0.2) is 0 Å². The van der Waals surface area contributed by atoms with Crippen molar-refractivity contribution in [2.75, 3.05) is 31.1 Å². The van der Waals surface area contributed by atoms with Crippen LogP contribution in [0.15, 0.2) is 18.2 Å². The molecule has 0 radical (unpaired) electrons. The number of amides is 3. The number of carbonyl (C=O) groups excluding carboxylic acids is 4. The first-order chi connectivity index (χ1) is 17.2. The second-order valence-corrected chi connectivity index (χ2v) is 8.76. The number of hydrogen-bond acceptors (Lipinski definition) is 5. The summed E-state index contributed by atoms with van der Waals surface area (Å²) in [7, 11) is 0. The Hall–Kier alpha value is -3.59. The van der Waals surface area contributed by atoms with E-state index >= 15 is 0 Å². The van der Waals surface area contributed by atoms with Crippen LogP contribution in [0.5, 0.6) is 0 Å². The Morgan fingerprint density at radius 2 is 1.92 bits per heavy atom. The summed E-state index contributed by atoms with van der Waals surface area (Å²) in [6.45, 7) is 10.8. The van der Waals surface area contributed by atoms with Crippen LogP contribution in [-0.4, -0.2) is 60.1 Å². The van der Waals surface area contributed by atoms with Crippen LogP contribution >= 0.6 is 0 Å². The molecule has 1 aromatic heterocycles. The largest absolute Gasteiger partial charge is 0.358 e. The predicted octanol–water partition coefficient (Wildman–Crippen LogP) is 3.63. The van der Waals surface area contributed by atoms with E-state index in [4.69, 9.17) is 0 Å². The van der Waals surface area contributed by atoms with Crippen LogP contribution in [0.4, 0.5) is 10.1 Å². The van der Waals surface area contributed by atoms with E-state index in [0.717, 1.165) is 30.8 Å². The zero-order valence-electron chi connectivity index (χ0n) is 21.2.